The summed E-state index contributed by atoms with van der Waals surface area (Å²) in [7, 11) is -3.21. The van der Waals surface area contributed by atoms with Gasteiger partial charge in [-0.2, -0.15) is 0 Å². The van der Waals surface area contributed by atoms with Crippen molar-refractivity contribution >= 4 is 15.7 Å². The number of nitrogens with two attached hydrogens (primary N) is 1. The molecule has 0 spiro atoms. The Morgan fingerprint density at radius 2 is 1.86 bits per heavy atom. The lowest BCUT2D eigenvalue weighted by atomic mass is 9.95. The van der Waals surface area contributed by atoms with E-state index in [1.54, 1.807) is 31.2 Å². The van der Waals surface area contributed by atoms with Crippen molar-refractivity contribution < 1.29 is 13.2 Å². The zero-order valence-corrected chi connectivity index (χ0v) is 13.8. The van der Waals surface area contributed by atoms with Gasteiger partial charge in [-0.15, -0.1) is 0 Å². The number of carbonyl (C=O) groups is 1. The molecule has 0 aromatic heterocycles. The predicted molar refractivity (Wildman–Crippen MR) is 83.6 cm³/mol. The summed E-state index contributed by atoms with van der Waals surface area (Å²) in [5.41, 5.74) is 5.93. The highest BCUT2D eigenvalue weighted by molar-refractivity contribution is 7.90. The summed E-state index contributed by atoms with van der Waals surface area (Å²) in [6.07, 6.45) is 2.61. The fourth-order valence-electron chi connectivity index (χ4n) is 2.08. The minimum atomic E-state index is -3.21. The molecule has 0 saturated carbocycles. The molecule has 6 heteroatoms. The van der Waals surface area contributed by atoms with Crippen molar-refractivity contribution in [3.05, 3.63) is 29.8 Å². The van der Waals surface area contributed by atoms with E-state index in [0.717, 1.165) is 18.2 Å². The van der Waals surface area contributed by atoms with Crippen molar-refractivity contribution in [3.63, 3.8) is 0 Å². The topological polar surface area (TPSA) is 89.3 Å². The largest absolute Gasteiger partial charge is 0.348 e. The molecular formula is C15H24N2O3S. The smallest absolute Gasteiger partial charge is 0.240 e. The van der Waals surface area contributed by atoms with Crippen molar-refractivity contribution in [3.8, 4) is 0 Å². The van der Waals surface area contributed by atoms with Gasteiger partial charge < -0.3 is 11.1 Å². The SMILES string of the molecule is CCCC(C)(N)C(=O)NC(C)c1ccc(S(C)(=O)=O)cc1. The van der Waals surface area contributed by atoms with E-state index >= 15 is 0 Å². The average Bonchev–Trinajstić information content (AvgIpc) is 2.37. The Bertz CT molecular complexity index is 592. The van der Waals surface area contributed by atoms with E-state index in [0.29, 0.717) is 6.42 Å². The van der Waals surface area contributed by atoms with Gasteiger partial charge in [0.2, 0.25) is 5.91 Å². The molecule has 118 valence electrons. The van der Waals surface area contributed by atoms with Crippen LogP contribution < -0.4 is 11.1 Å². The number of hydrogen-bond donors (Lipinski definition) is 2. The van der Waals surface area contributed by atoms with Gasteiger partial charge in [-0.05, 0) is 38.0 Å². The summed E-state index contributed by atoms with van der Waals surface area (Å²) in [5, 5.41) is 2.87. The molecule has 1 aromatic rings. The first kappa shape index (κ1) is 17.7. The van der Waals surface area contributed by atoms with E-state index in [1.165, 1.54) is 0 Å². The van der Waals surface area contributed by atoms with Crippen LogP contribution in [-0.4, -0.2) is 26.1 Å². The third-order valence-electron chi connectivity index (χ3n) is 3.44. The number of amides is 1. The second kappa shape index (κ2) is 6.58. The maximum Gasteiger partial charge on any atom is 0.240 e. The number of rotatable bonds is 6. The van der Waals surface area contributed by atoms with Crippen LogP contribution in [0.15, 0.2) is 29.2 Å². The van der Waals surface area contributed by atoms with E-state index in [1.807, 2.05) is 13.8 Å². The van der Waals surface area contributed by atoms with E-state index in [2.05, 4.69) is 5.32 Å². The highest BCUT2D eigenvalue weighted by Gasteiger charge is 2.28. The zero-order chi connectivity index (χ0) is 16.3. The Labute approximate surface area is 126 Å². The fourth-order valence-corrected chi connectivity index (χ4v) is 2.71. The van der Waals surface area contributed by atoms with Crippen molar-refractivity contribution in [2.45, 2.75) is 50.1 Å². The average molecular weight is 312 g/mol. The van der Waals surface area contributed by atoms with Crippen LogP contribution in [0.5, 0.6) is 0 Å². The van der Waals surface area contributed by atoms with Crippen LogP contribution in [0.4, 0.5) is 0 Å². The molecule has 0 aliphatic carbocycles. The molecule has 1 amide bonds. The Morgan fingerprint density at radius 3 is 2.29 bits per heavy atom. The van der Waals surface area contributed by atoms with Gasteiger partial charge in [-0.3, -0.25) is 4.79 Å². The number of benzene rings is 1. The number of hydrogen-bond acceptors (Lipinski definition) is 4. The van der Waals surface area contributed by atoms with Crippen LogP contribution in [-0.2, 0) is 14.6 Å². The van der Waals surface area contributed by atoms with Crippen LogP contribution in [0.2, 0.25) is 0 Å². The number of sulfone groups is 1. The lowest BCUT2D eigenvalue weighted by Gasteiger charge is -2.25. The molecule has 2 unspecified atom stereocenters. The standard InChI is InChI=1S/C15H24N2O3S/c1-5-10-15(3,16)14(18)17-11(2)12-6-8-13(9-7-12)21(4,19)20/h6-9,11H,5,10,16H2,1-4H3,(H,17,18). The van der Waals surface area contributed by atoms with Crippen LogP contribution in [0.25, 0.3) is 0 Å². The Kier molecular flexibility index (Phi) is 5.53. The van der Waals surface area contributed by atoms with E-state index in [-0.39, 0.29) is 16.8 Å². The summed E-state index contributed by atoms with van der Waals surface area (Å²) in [5.74, 6) is -0.205. The highest BCUT2D eigenvalue weighted by atomic mass is 32.2. The van der Waals surface area contributed by atoms with Crippen molar-refractivity contribution in [2.75, 3.05) is 6.26 Å². The van der Waals surface area contributed by atoms with Gasteiger partial charge in [-0.1, -0.05) is 25.5 Å². The van der Waals surface area contributed by atoms with E-state index < -0.39 is 15.4 Å². The minimum absolute atomic E-state index is 0.205. The molecule has 0 aliphatic rings. The first-order chi connectivity index (χ1) is 9.58. The normalized spacial score (nSPS) is 16.0. The molecule has 0 saturated heterocycles. The summed E-state index contributed by atoms with van der Waals surface area (Å²) < 4.78 is 22.8. The third kappa shape index (κ3) is 4.82. The molecule has 21 heavy (non-hydrogen) atoms. The molecule has 1 rings (SSSR count). The Morgan fingerprint density at radius 1 is 1.33 bits per heavy atom. The van der Waals surface area contributed by atoms with Gasteiger partial charge in [0.15, 0.2) is 9.84 Å². The third-order valence-corrected chi connectivity index (χ3v) is 4.57. The van der Waals surface area contributed by atoms with Crippen LogP contribution >= 0.6 is 0 Å². The predicted octanol–water partition coefficient (Wildman–Crippen LogP) is 1.78. The summed E-state index contributed by atoms with van der Waals surface area (Å²) in [6, 6.07) is 6.26. The monoisotopic (exact) mass is 312 g/mol. The molecule has 0 heterocycles. The Balaban J connectivity index is 2.81. The molecule has 0 aliphatic heterocycles. The van der Waals surface area contributed by atoms with Gasteiger partial charge in [0.05, 0.1) is 16.5 Å². The van der Waals surface area contributed by atoms with Crippen LogP contribution in [0, 0.1) is 0 Å². The number of carbonyl (C=O) groups excluding carboxylic acids is 1. The Hall–Kier alpha value is -1.40. The molecule has 3 N–H and O–H groups in total. The quantitative estimate of drug-likeness (QED) is 0.838. The first-order valence-electron chi connectivity index (χ1n) is 6.98. The molecule has 5 nitrogen and oxygen atoms in total. The van der Waals surface area contributed by atoms with Gasteiger partial charge in [-0.25, -0.2) is 8.42 Å². The molecule has 0 fully saturated rings. The summed E-state index contributed by atoms with van der Waals surface area (Å²) in [4.78, 5) is 12.4. The van der Waals surface area contributed by atoms with Crippen LogP contribution in [0.1, 0.15) is 45.2 Å². The fraction of sp³-hybridized carbons (Fsp3) is 0.533. The molecule has 1 aromatic carbocycles. The van der Waals surface area contributed by atoms with Gasteiger partial charge in [0, 0.05) is 6.26 Å². The highest BCUT2D eigenvalue weighted by Crippen LogP contribution is 2.18. The van der Waals surface area contributed by atoms with Gasteiger partial charge in [0.1, 0.15) is 0 Å². The second-order valence-corrected chi connectivity index (χ2v) is 7.72. The van der Waals surface area contributed by atoms with E-state index in [9.17, 15) is 13.2 Å². The molecular weight excluding hydrogens is 288 g/mol. The lowest BCUT2D eigenvalue weighted by Crippen LogP contribution is -2.52. The minimum Gasteiger partial charge on any atom is -0.348 e. The van der Waals surface area contributed by atoms with Crippen LogP contribution in [0.3, 0.4) is 0 Å². The van der Waals surface area contributed by atoms with Crippen molar-refractivity contribution in [1.29, 1.82) is 0 Å². The maximum atomic E-state index is 12.1. The number of nitrogens with one attached hydrogen (secondary N) is 1. The zero-order valence-electron chi connectivity index (χ0n) is 13.0. The maximum absolute atomic E-state index is 12.1. The molecule has 2 atom stereocenters. The lowest BCUT2D eigenvalue weighted by molar-refractivity contribution is -0.126. The van der Waals surface area contributed by atoms with Gasteiger partial charge in [0.25, 0.3) is 0 Å². The molecule has 0 radical (unpaired) electrons. The summed E-state index contributed by atoms with van der Waals surface area (Å²) >= 11 is 0. The first-order valence-corrected chi connectivity index (χ1v) is 8.87. The summed E-state index contributed by atoms with van der Waals surface area (Å²) in [6.45, 7) is 5.53. The van der Waals surface area contributed by atoms with Crippen molar-refractivity contribution in [2.24, 2.45) is 5.73 Å². The second-order valence-electron chi connectivity index (χ2n) is 5.70. The van der Waals surface area contributed by atoms with E-state index in [4.69, 9.17) is 5.73 Å². The molecule has 0 bridgehead atoms. The van der Waals surface area contributed by atoms with Crippen molar-refractivity contribution in [1.82, 2.24) is 5.32 Å². The van der Waals surface area contributed by atoms with Gasteiger partial charge >= 0.3 is 0 Å².